The second-order valence-electron chi connectivity index (χ2n) is 7.83. The van der Waals surface area contributed by atoms with Gasteiger partial charge in [0.05, 0.1) is 17.5 Å². The molecular formula is C23H22ClNO4. The van der Waals surface area contributed by atoms with Gasteiger partial charge in [-0.15, -0.1) is 0 Å². The number of para-hydroxylation sites is 2. The fraction of sp³-hybridized carbons (Fsp3) is 0.348. The van der Waals surface area contributed by atoms with E-state index >= 15 is 0 Å². The Bertz CT molecular complexity index is 956. The predicted octanol–water partition coefficient (Wildman–Crippen LogP) is 4.53. The summed E-state index contributed by atoms with van der Waals surface area (Å²) in [7, 11) is 0. The van der Waals surface area contributed by atoms with Gasteiger partial charge in [-0.3, -0.25) is 14.4 Å². The molecule has 1 aliphatic carbocycles. The van der Waals surface area contributed by atoms with Crippen LogP contribution in [-0.2, 0) is 9.59 Å². The van der Waals surface area contributed by atoms with E-state index in [-0.39, 0.29) is 36.0 Å². The predicted molar refractivity (Wildman–Crippen MR) is 110 cm³/mol. The lowest BCUT2D eigenvalue weighted by Gasteiger charge is -2.25. The lowest BCUT2D eigenvalue weighted by atomic mass is 9.76. The van der Waals surface area contributed by atoms with Gasteiger partial charge in [0.1, 0.15) is 5.75 Å². The minimum Gasteiger partial charge on any atom is -0.483 e. The maximum atomic E-state index is 13.0. The minimum atomic E-state index is -0.255. The Labute approximate surface area is 174 Å². The van der Waals surface area contributed by atoms with E-state index in [4.69, 9.17) is 16.3 Å². The zero-order valence-corrected chi connectivity index (χ0v) is 16.9. The van der Waals surface area contributed by atoms with Gasteiger partial charge in [-0.1, -0.05) is 30.7 Å². The third kappa shape index (κ3) is 3.79. The molecule has 1 saturated heterocycles. The van der Waals surface area contributed by atoms with E-state index in [1.807, 2.05) is 0 Å². The number of fused-ring (bicyclic) bond motifs is 1. The number of amides is 2. The van der Waals surface area contributed by atoms with E-state index in [0.29, 0.717) is 27.9 Å². The smallest absolute Gasteiger partial charge is 0.237 e. The van der Waals surface area contributed by atoms with E-state index < -0.39 is 0 Å². The maximum absolute atomic E-state index is 13.0. The van der Waals surface area contributed by atoms with Crippen LogP contribution in [0.15, 0.2) is 48.5 Å². The van der Waals surface area contributed by atoms with E-state index in [0.717, 1.165) is 19.3 Å². The molecule has 0 unspecified atom stereocenters. The summed E-state index contributed by atoms with van der Waals surface area (Å²) in [6.45, 7) is 1.93. The van der Waals surface area contributed by atoms with Crippen LogP contribution in [0, 0.1) is 17.8 Å². The summed E-state index contributed by atoms with van der Waals surface area (Å²) in [5.74, 6) is -0.242. The van der Waals surface area contributed by atoms with Crippen molar-refractivity contribution in [3.05, 3.63) is 59.1 Å². The summed E-state index contributed by atoms with van der Waals surface area (Å²) >= 11 is 5.86. The first-order valence-corrected chi connectivity index (χ1v) is 10.2. The second-order valence-corrected chi connectivity index (χ2v) is 8.27. The second kappa shape index (κ2) is 7.99. The highest BCUT2D eigenvalue weighted by Crippen LogP contribution is 2.44. The number of hydrogen-bond acceptors (Lipinski definition) is 4. The van der Waals surface area contributed by atoms with Crippen molar-refractivity contribution >= 4 is 34.9 Å². The number of nitrogens with zero attached hydrogens (tertiary/aromatic N) is 1. The van der Waals surface area contributed by atoms with Crippen molar-refractivity contribution in [3.8, 4) is 5.75 Å². The lowest BCUT2D eigenvalue weighted by molar-refractivity contribution is -0.122. The number of imide groups is 1. The fourth-order valence-electron chi connectivity index (χ4n) is 4.25. The molecule has 1 heterocycles. The van der Waals surface area contributed by atoms with Crippen LogP contribution in [0.4, 0.5) is 5.69 Å². The number of carbonyl (C=O) groups is 3. The van der Waals surface area contributed by atoms with Crippen LogP contribution in [-0.4, -0.2) is 24.2 Å². The average molecular weight is 412 g/mol. The molecule has 2 aliphatic rings. The number of carbonyl (C=O) groups excluding carboxylic acids is 3. The molecule has 3 atom stereocenters. The van der Waals surface area contributed by atoms with Gasteiger partial charge in [-0.25, -0.2) is 4.90 Å². The number of Topliss-reactive ketones (excluding diaryl/α,β-unsaturated/α-hetero) is 1. The van der Waals surface area contributed by atoms with Gasteiger partial charge >= 0.3 is 0 Å². The molecule has 6 heteroatoms. The first kappa shape index (κ1) is 19.6. The third-order valence-corrected chi connectivity index (χ3v) is 6.07. The number of hydrogen-bond donors (Lipinski definition) is 0. The molecule has 1 saturated carbocycles. The fourth-order valence-corrected chi connectivity index (χ4v) is 4.38. The Kier molecular flexibility index (Phi) is 5.41. The number of ketones is 1. The van der Waals surface area contributed by atoms with Crippen molar-refractivity contribution in [2.75, 3.05) is 11.5 Å². The van der Waals surface area contributed by atoms with Crippen molar-refractivity contribution in [2.24, 2.45) is 17.8 Å². The molecule has 0 N–H and O–H groups in total. The van der Waals surface area contributed by atoms with Gasteiger partial charge in [0.25, 0.3) is 0 Å². The van der Waals surface area contributed by atoms with Crippen molar-refractivity contribution in [3.63, 3.8) is 0 Å². The SMILES string of the molecule is C[C@@H]1CC[C@@H]2C(=O)N(c3ccccc3OCC(=O)c3ccc(Cl)cc3)C(=O)[C@@H]2C1. The number of rotatable bonds is 5. The summed E-state index contributed by atoms with van der Waals surface area (Å²) in [5.41, 5.74) is 0.897. The van der Waals surface area contributed by atoms with Crippen LogP contribution in [0.25, 0.3) is 0 Å². The summed E-state index contributed by atoms with van der Waals surface area (Å²) < 4.78 is 5.74. The van der Waals surface area contributed by atoms with Crippen LogP contribution in [0.1, 0.15) is 36.5 Å². The van der Waals surface area contributed by atoms with E-state index in [1.54, 1.807) is 48.5 Å². The molecular weight excluding hydrogens is 390 g/mol. The van der Waals surface area contributed by atoms with Crippen molar-refractivity contribution in [1.82, 2.24) is 0 Å². The molecule has 0 bridgehead atoms. The number of ether oxygens (including phenoxy) is 1. The minimum absolute atomic E-state index is 0.160. The number of halogens is 1. The van der Waals surface area contributed by atoms with Crippen LogP contribution in [0.5, 0.6) is 5.75 Å². The first-order chi connectivity index (χ1) is 14.0. The lowest BCUT2D eigenvalue weighted by Crippen LogP contribution is -2.31. The van der Waals surface area contributed by atoms with Gasteiger partial charge in [-0.05, 0) is 61.6 Å². The molecule has 1 aliphatic heterocycles. The van der Waals surface area contributed by atoms with Crippen molar-refractivity contribution in [1.29, 1.82) is 0 Å². The first-order valence-electron chi connectivity index (χ1n) is 9.84. The molecule has 29 heavy (non-hydrogen) atoms. The molecule has 4 rings (SSSR count). The largest absolute Gasteiger partial charge is 0.483 e. The van der Waals surface area contributed by atoms with Crippen molar-refractivity contribution < 1.29 is 19.1 Å². The van der Waals surface area contributed by atoms with Gasteiger partial charge in [0.15, 0.2) is 12.4 Å². The molecule has 0 aromatic heterocycles. The summed E-state index contributed by atoms with van der Waals surface area (Å²) in [4.78, 5) is 39.7. The third-order valence-electron chi connectivity index (χ3n) is 5.82. The van der Waals surface area contributed by atoms with E-state index in [2.05, 4.69) is 6.92 Å². The molecule has 150 valence electrons. The maximum Gasteiger partial charge on any atom is 0.237 e. The van der Waals surface area contributed by atoms with Crippen LogP contribution < -0.4 is 9.64 Å². The highest BCUT2D eigenvalue weighted by atomic mass is 35.5. The number of anilines is 1. The van der Waals surface area contributed by atoms with Crippen molar-refractivity contribution in [2.45, 2.75) is 26.2 Å². The average Bonchev–Trinajstić information content (AvgIpc) is 2.96. The van der Waals surface area contributed by atoms with Gasteiger partial charge < -0.3 is 4.74 Å². The van der Waals surface area contributed by atoms with E-state index in [9.17, 15) is 14.4 Å². The Morgan fingerprint density at radius 3 is 2.48 bits per heavy atom. The monoisotopic (exact) mass is 411 g/mol. The molecule has 0 spiro atoms. The molecule has 2 amide bonds. The number of benzene rings is 2. The normalized spacial score (nSPS) is 23.8. The highest BCUT2D eigenvalue weighted by Gasteiger charge is 2.50. The standard InChI is InChI=1S/C23H22ClNO4/c1-14-6-11-17-18(12-14)23(28)25(22(17)27)19-4-2-3-5-21(19)29-13-20(26)15-7-9-16(24)10-8-15/h2-5,7-10,14,17-18H,6,11-13H2,1H3/t14-,17+,18-/m1/s1. The Morgan fingerprint density at radius 2 is 1.72 bits per heavy atom. The Hall–Kier alpha value is -2.66. The summed E-state index contributed by atoms with van der Waals surface area (Å²) in [6.07, 6.45) is 2.44. The zero-order chi connectivity index (χ0) is 20.5. The Balaban J connectivity index is 1.54. The van der Waals surface area contributed by atoms with Crippen LogP contribution in [0.2, 0.25) is 5.02 Å². The van der Waals surface area contributed by atoms with Gasteiger partial charge in [0.2, 0.25) is 11.8 Å². The molecule has 0 radical (unpaired) electrons. The zero-order valence-electron chi connectivity index (χ0n) is 16.1. The Morgan fingerprint density at radius 1 is 1.03 bits per heavy atom. The van der Waals surface area contributed by atoms with Crippen LogP contribution >= 0.6 is 11.6 Å². The van der Waals surface area contributed by atoms with Crippen LogP contribution in [0.3, 0.4) is 0 Å². The highest BCUT2D eigenvalue weighted by molar-refractivity contribution is 6.30. The molecule has 2 aromatic carbocycles. The molecule has 5 nitrogen and oxygen atoms in total. The van der Waals surface area contributed by atoms with Gasteiger partial charge in [-0.2, -0.15) is 0 Å². The molecule has 2 aromatic rings. The quantitative estimate of drug-likeness (QED) is 0.535. The molecule has 2 fully saturated rings. The van der Waals surface area contributed by atoms with E-state index in [1.165, 1.54) is 4.90 Å². The summed E-state index contributed by atoms with van der Waals surface area (Å²) in [5, 5.41) is 0.551. The topological polar surface area (TPSA) is 63.7 Å². The van der Waals surface area contributed by atoms with Gasteiger partial charge in [0, 0.05) is 10.6 Å². The summed E-state index contributed by atoms with van der Waals surface area (Å²) in [6, 6.07) is 13.5.